The highest BCUT2D eigenvalue weighted by Gasteiger charge is 2.32. The van der Waals surface area contributed by atoms with E-state index in [9.17, 15) is 4.39 Å². The smallest absolute Gasteiger partial charge is 0.123 e. The Morgan fingerprint density at radius 3 is 2.68 bits per heavy atom. The SMILES string of the molecule is CC1CC(NC(C)c2cccc(F)c2)CC(C)(C)C1. The van der Waals surface area contributed by atoms with E-state index in [1.54, 1.807) is 12.1 Å². The molecular weight excluding hydrogens is 237 g/mol. The molecule has 0 aliphatic heterocycles. The lowest BCUT2D eigenvalue weighted by molar-refractivity contribution is 0.145. The van der Waals surface area contributed by atoms with Gasteiger partial charge in [0.15, 0.2) is 0 Å². The highest BCUT2D eigenvalue weighted by atomic mass is 19.1. The van der Waals surface area contributed by atoms with Gasteiger partial charge in [0.25, 0.3) is 0 Å². The second-order valence-corrected chi connectivity index (χ2v) is 7.05. The topological polar surface area (TPSA) is 12.0 Å². The van der Waals surface area contributed by atoms with Crippen molar-refractivity contribution in [1.82, 2.24) is 5.32 Å². The van der Waals surface area contributed by atoms with Gasteiger partial charge in [-0.05, 0) is 55.2 Å². The molecule has 3 atom stereocenters. The van der Waals surface area contributed by atoms with Crippen LogP contribution in [0.15, 0.2) is 24.3 Å². The van der Waals surface area contributed by atoms with Crippen LogP contribution in [0, 0.1) is 17.2 Å². The Labute approximate surface area is 116 Å². The van der Waals surface area contributed by atoms with Crippen molar-refractivity contribution < 1.29 is 4.39 Å². The van der Waals surface area contributed by atoms with Crippen molar-refractivity contribution in [2.24, 2.45) is 11.3 Å². The fourth-order valence-electron chi connectivity index (χ4n) is 3.70. The summed E-state index contributed by atoms with van der Waals surface area (Å²) in [5, 5.41) is 3.68. The molecule has 1 aromatic carbocycles. The quantitative estimate of drug-likeness (QED) is 0.834. The molecule has 1 N–H and O–H groups in total. The molecule has 0 heterocycles. The molecule has 2 heteroatoms. The lowest BCUT2D eigenvalue weighted by atomic mass is 9.70. The number of hydrogen-bond acceptors (Lipinski definition) is 1. The molecule has 1 fully saturated rings. The first-order valence-corrected chi connectivity index (χ1v) is 7.37. The van der Waals surface area contributed by atoms with Crippen LogP contribution in [0.1, 0.15) is 58.6 Å². The van der Waals surface area contributed by atoms with E-state index in [4.69, 9.17) is 0 Å². The molecule has 0 bridgehead atoms. The van der Waals surface area contributed by atoms with Gasteiger partial charge in [-0.25, -0.2) is 4.39 Å². The van der Waals surface area contributed by atoms with Gasteiger partial charge in [0, 0.05) is 12.1 Å². The molecular formula is C17H26FN. The van der Waals surface area contributed by atoms with E-state index in [1.807, 2.05) is 6.07 Å². The number of rotatable bonds is 3. The number of hydrogen-bond donors (Lipinski definition) is 1. The van der Waals surface area contributed by atoms with Gasteiger partial charge >= 0.3 is 0 Å². The number of nitrogens with one attached hydrogen (secondary N) is 1. The first-order chi connectivity index (χ1) is 8.85. The van der Waals surface area contributed by atoms with E-state index in [0.29, 0.717) is 11.5 Å². The molecule has 19 heavy (non-hydrogen) atoms. The van der Waals surface area contributed by atoms with E-state index < -0.39 is 0 Å². The lowest BCUT2D eigenvalue weighted by Gasteiger charge is -2.40. The normalized spacial score (nSPS) is 28.1. The molecule has 3 unspecified atom stereocenters. The van der Waals surface area contributed by atoms with Crippen LogP contribution in [0.25, 0.3) is 0 Å². The summed E-state index contributed by atoms with van der Waals surface area (Å²) in [6.45, 7) is 9.16. The van der Waals surface area contributed by atoms with Gasteiger partial charge in [0.05, 0.1) is 0 Å². The maximum absolute atomic E-state index is 13.3. The molecule has 1 saturated carbocycles. The van der Waals surface area contributed by atoms with E-state index in [0.717, 1.165) is 11.5 Å². The van der Waals surface area contributed by atoms with Crippen LogP contribution in [-0.2, 0) is 0 Å². The second-order valence-electron chi connectivity index (χ2n) is 7.05. The molecule has 1 nitrogen and oxygen atoms in total. The van der Waals surface area contributed by atoms with Crippen molar-refractivity contribution in [2.45, 2.75) is 59.0 Å². The molecule has 0 radical (unpaired) electrons. The molecule has 0 amide bonds. The maximum Gasteiger partial charge on any atom is 0.123 e. The summed E-state index contributed by atoms with van der Waals surface area (Å²) in [7, 11) is 0. The largest absolute Gasteiger partial charge is 0.307 e. The Hall–Kier alpha value is -0.890. The van der Waals surface area contributed by atoms with Crippen LogP contribution < -0.4 is 5.32 Å². The maximum atomic E-state index is 13.3. The van der Waals surface area contributed by atoms with Gasteiger partial charge in [0.2, 0.25) is 0 Å². The zero-order valence-corrected chi connectivity index (χ0v) is 12.5. The van der Waals surface area contributed by atoms with E-state index in [1.165, 1.54) is 25.3 Å². The van der Waals surface area contributed by atoms with Crippen LogP contribution in [0.5, 0.6) is 0 Å². The predicted octanol–water partition coefficient (Wildman–Crippen LogP) is 4.69. The first-order valence-electron chi connectivity index (χ1n) is 7.37. The average molecular weight is 263 g/mol. The van der Waals surface area contributed by atoms with E-state index >= 15 is 0 Å². The average Bonchev–Trinajstić information content (AvgIpc) is 2.25. The highest BCUT2D eigenvalue weighted by molar-refractivity contribution is 5.19. The van der Waals surface area contributed by atoms with Crippen LogP contribution in [0.3, 0.4) is 0 Å². The van der Waals surface area contributed by atoms with Crippen molar-refractivity contribution in [3.05, 3.63) is 35.6 Å². The predicted molar refractivity (Wildman–Crippen MR) is 78.5 cm³/mol. The van der Waals surface area contributed by atoms with Crippen molar-refractivity contribution >= 4 is 0 Å². The molecule has 2 rings (SSSR count). The van der Waals surface area contributed by atoms with Gasteiger partial charge in [-0.1, -0.05) is 32.9 Å². The summed E-state index contributed by atoms with van der Waals surface area (Å²) < 4.78 is 13.3. The minimum absolute atomic E-state index is 0.150. The Bertz CT molecular complexity index is 427. The van der Waals surface area contributed by atoms with Gasteiger partial charge < -0.3 is 5.32 Å². The highest BCUT2D eigenvalue weighted by Crippen LogP contribution is 2.39. The Kier molecular flexibility index (Phi) is 4.29. The van der Waals surface area contributed by atoms with Gasteiger partial charge in [-0.3, -0.25) is 0 Å². The molecule has 0 saturated heterocycles. The van der Waals surface area contributed by atoms with Crippen molar-refractivity contribution in [3.8, 4) is 0 Å². The molecule has 106 valence electrons. The molecule has 0 spiro atoms. The van der Waals surface area contributed by atoms with Gasteiger partial charge in [-0.15, -0.1) is 0 Å². The standard InChI is InChI=1S/C17H26FN/c1-12-8-16(11-17(3,4)10-12)19-13(2)14-6-5-7-15(18)9-14/h5-7,9,12-13,16,19H,8,10-11H2,1-4H3. The van der Waals surface area contributed by atoms with Crippen molar-refractivity contribution in [1.29, 1.82) is 0 Å². The summed E-state index contributed by atoms with van der Waals surface area (Å²) in [6.07, 6.45) is 3.74. The minimum Gasteiger partial charge on any atom is -0.307 e. The molecule has 1 aliphatic rings. The summed E-state index contributed by atoms with van der Waals surface area (Å²) >= 11 is 0. The van der Waals surface area contributed by atoms with Crippen LogP contribution in [0.2, 0.25) is 0 Å². The fourth-order valence-corrected chi connectivity index (χ4v) is 3.70. The zero-order valence-electron chi connectivity index (χ0n) is 12.5. The van der Waals surface area contributed by atoms with Crippen molar-refractivity contribution in [2.75, 3.05) is 0 Å². The summed E-state index contributed by atoms with van der Waals surface area (Å²) in [6, 6.07) is 7.67. The monoisotopic (exact) mass is 263 g/mol. The second kappa shape index (κ2) is 5.62. The third-order valence-corrected chi connectivity index (χ3v) is 4.22. The first kappa shape index (κ1) is 14.5. The lowest BCUT2D eigenvalue weighted by Crippen LogP contribution is -2.41. The molecule has 1 aromatic rings. The third kappa shape index (κ3) is 4.04. The van der Waals surface area contributed by atoms with E-state index in [2.05, 4.69) is 33.0 Å². The number of benzene rings is 1. The van der Waals surface area contributed by atoms with E-state index in [-0.39, 0.29) is 11.9 Å². The third-order valence-electron chi connectivity index (χ3n) is 4.22. The Morgan fingerprint density at radius 2 is 2.05 bits per heavy atom. The Morgan fingerprint density at radius 1 is 1.32 bits per heavy atom. The van der Waals surface area contributed by atoms with Gasteiger partial charge in [-0.2, -0.15) is 0 Å². The molecule has 1 aliphatic carbocycles. The Balaban J connectivity index is 2.00. The zero-order chi connectivity index (χ0) is 14.0. The summed E-state index contributed by atoms with van der Waals surface area (Å²) in [4.78, 5) is 0. The fraction of sp³-hybridized carbons (Fsp3) is 0.647. The minimum atomic E-state index is -0.150. The summed E-state index contributed by atoms with van der Waals surface area (Å²) in [5.74, 6) is 0.615. The van der Waals surface area contributed by atoms with Crippen LogP contribution in [-0.4, -0.2) is 6.04 Å². The van der Waals surface area contributed by atoms with Crippen molar-refractivity contribution in [3.63, 3.8) is 0 Å². The summed E-state index contributed by atoms with van der Waals surface area (Å²) in [5.41, 5.74) is 1.45. The van der Waals surface area contributed by atoms with Gasteiger partial charge in [0.1, 0.15) is 5.82 Å². The molecule has 0 aromatic heterocycles. The van der Waals surface area contributed by atoms with Crippen LogP contribution in [0.4, 0.5) is 4.39 Å². The van der Waals surface area contributed by atoms with Crippen LogP contribution >= 0.6 is 0 Å². The number of halogens is 1.